The predicted molar refractivity (Wildman–Crippen MR) is 69.9 cm³/mol. The molecule has 0 radical (unpaired) electrons. The topological polar surface area (TPSA) is 65.7 Å². The Labute approximate surface area is 114 Å². The molecule has 1 saturated heterocycles. The molecule has 18 heavy (non-hydrogen) atoms. The van der Waals surface area contributed by atoms with Gasteiger partial charge in [0.2, 0.25) is 5.91 Å². The normalized spacial score (nSPS) is 24.4. The third-order valence-electron chi connectivity index (χ3n) is 3.15. The molecule has 0 unspecified atom stereocenters. The largest absolute Gasteiger partial charge is 0.453 e. The van der Waals surface area contributed by atoms with E-state index < -0.39 is 0 Å². The quantitative estimate of drug-likeness (QED) is 0.868. The molecule has 1 amide bonds. The van der Waals surface area contributed by atoms with Gasteiger partial charge >= 0.3 is 0 Å². The Balaban J connectivity index is 1.94. The van der Waals surface area contributed by atoms with Crippen LogP contribution in [0.25, 0.3) is 0 Å². The van der Waals surface area contributed by atoms with Crippen molar-refractivity contribution in [1.29, 1.82) is 0 Å². The fourth-order valence-corrected chi connectivity index (χ4v) is 2.70. The zero-order valence-corrected chi connectivity index (χ0v) is 11.8. The van der Waals surface area contributed by atoms with Crippen LogP contribution >= 0.6 is 15.9 Å². The van der Waals surface area contributed by atoms with E-state index in [1.165, 1.54) is 6.92 Å². The van der Waals surface area contributed by atoms with E-state index in [2.05, 4.69) is 26.1 Å². The number of rotatable bonds is 4. The van der Waals surface area contributed by atoms with Gasteiger partial charge in [-0.15, -0.1) is 0 Å². The summed E-state index contributed by atoms with van der Waals surface area (Å²) >= 11 is 3.27. The van der Waals surface area contributed by atoms with E-state index in [1.807, 2.05) is 12.1 Å². The summed E-state index contributed by atoms with van der Waals surface area (Å²) < 4.78 is 6.17. The molecule has 0 bridgehead atoms. The van der Waals surface area contributed by atoms with Crippen LogP contribution in [0.5, 0.6) is 0 Å². The second-order valence-corrected chi connectivity index (χ2v) is 5.43. The van der Waals surface area contributed by atoms with Gasteiger partial charge in [-0.25, -0.2) is 0 Å². The third-order valence-corrected chi connectivity index (χ3v) is 3.57. The molecular weight excluding hydrogens is 300 g/mol. The molecule has 1 aromatic heterocycles. The molecule has 2 heterocycles. The number of aliphatic hydroxyl groups excluding tert-OH is 1. The van der Waals surface area contributed by atoms with Gasteiger partial charge in [0.25, 0.3) is 0 Å². The highest BCUT2D eigenvalue weighted by molar-refractivity contribution is 9.10. The van der Waals surface area contributed by atoms with Gasteiger partial charge < -0.3 is 14.8 Å². The van der Waals surface area contributed by atoms with Gasteiger partial charge in [-0.2, -0.15) is 0 Å². The lowest BCUT2D eigenvalue weighted by atomic mass is 10.1. The first-order chi connectivity index (χ1) is 8.58. The Hall–Kier alpha value is -0.850. The molecule has 0 aliphatic carbocycles. The third kappa shape index (κ3) is 3.34. The van der Waals surface area contributed by atoms with E-state index in [1.54, 1.807) is 0 Å². The summed E-state index contributed by atoms with van der Waals surface area (Å²) in [5.41, 5.74) is 0. The number of halogens is 1. The van der Waals surface area contributed by atoms with Gasteiger partial charge in [0.05, 0.1) is 6.54 Å². The maximum atomic E-state index is 11.1. The van der Waals surface area contributed by atoms with Gasteiger partial charge in [0.15, 0.2) is 4.67 Å². The second-order valence-electron chi connectivity index (χ2n) is 4.65. The maximum absolute atomic E-state index is 11.1. The molecule has 0 aromatic carbocycles. The van der Waals surface area contributed by atoms with Gasteiger partial charge in [0, 0.05) is 38.6 Å². The number of carbonyl (C=O) groups excluding carboxylic acids is 1. The van der Waals surface area contributed by atoms with Crippen molar-refractivity contribution < 1.29 is 14.3 Å². The molecule has 1 aliphatic rings. The summed E-state index contributed by atoms with van der Waals surface area (Å²) in [7, 11) is 0. The lowest BCUT2D eigenvalue weighted by Crippen LogP contribution is -2.40. The molecular formula is C12H17BrN2O3. The van der Waals surface area contributed by atoms with Gasteiger partial charge in [-0.1, -0.05) is 0 Å². The maximum Gasteiger partial charge on any atom is 0.217 e. The zero-order chi connectivity index (χ0) is 13.1. The fourth-order valence-electron chi connectivity index (χ4n) is 2.36. The van der Waals surface area contributed by atoms with Crippen molar-refractivity contribution >= 4 is 21.8 Å². The Morgan fingerprint density at radius 1 is 1.61 bits per heavy atom. The Morgan fingerprint density at radius 3 is 2.94 bits per heavy atom. The Bertz CT molecular complexity index is 421. The zero-order valence-electron chi connectivity index (χ0n) is 10.2. The predicted octanol–water partition coefficient (Wildman–Crippen LogP) is 0.971. The van der Waals surface area contributed by atoms with Crippen LogP contribution in [0.4, 0.5) is 0 Å². The number of nitrogens with one attached hydrogen (secondary N) is 1. The first kappa shape index (κ1) is 13.6. The molecule has 5 nitrogen and oxygen atoms in total. The van der Waals surface area contributed by atoms with Crippen LogP contribution in [0.1, 0.15) is 12.7 Å². The van der Waals surface area contributed by atoms with E-state index >= 15 is 0 Å². The van der Waals surface area contributed by atoms with Crippen molar-refractivity contribution in [3.05, 3.63) is 22.6 Å². The summed E-state index contributed by atoms with van der Waals surface area (Å²) in [5, 5.41) is 12.2. The van der Waals surface area contributed by atoms with Gasteiger partial charge in [0.1, 0.15) is 5.76 Å². The average Bonchev–Trinajstić information content (AvgIpc) is 2.85. The first-order valence-corrected chi connectivity index (χ1v) is 6.72. The van der Waals surface area contributed by atoms with E-state index in [9.17, 15) is 9.90 Å². The molecule has 1 aromatic rings. The molecule has 2 rings (SSSR count). The molecule has 0 spiro atoms. The standard InChI is InChI=1S/C12H17BrN2O3/c1-8(17)14-11-6-15(4-9(11)7-16)5-10-2-3-12(13)18-10/h2-3,9,11,16H,4-7H2,1H3,(H,14,17)/t9-,11+/m0/s1. The number of likely N-dealkylation sites (tertiary alicyclic amines) is 1. The van der Waals surface area contributed by atoms with E-state index in [-0.39, 0.29) is 24.5 Å². The number of carbonyl (C=O) groups is 1. The molecule has 0 saturated carbocycles. The summed E-state index contributed by atoms with van der Waals surface area (Å²) in [6.07, 6.45) is 0. The van der Waals surface area contributed by atoms with Crippen LogP contribution in [0.3, 0.4) is 0 Å². The summed E-state index contributed by atoms with van der Waals surface area (Å²) in [6, 6.07) is 3.80. The molecule has 1 aliphatic heterocycles. The highest BCUT2D eigenvalue weighted by Crippen LogP contribution is 2.21. The lowest BCUT2D eigenvalue weighted by Gasteiger charge is -2.16. The average molecular weight is 317 g/mol. The summed E-state index contributed by atoms with van der Waals surface area (Å²) in [5.74, 6) is 0.912. The van der Waals surface area contributed by atoms with Gasteiger partial charge in [-0.05, 0) is 28.1 Å². The van der Waals surface area contributed by atoms with E-state index in [0.717, 1.165) is 18.8 Å². The van der Waals surface area contributed by atoms with Gasteiger partial charge in [-0.3, -0.25) is 9.69 Å². The van der Waals surface area contributed by atoms with E-state index in [0.29, 0.717) is 11.2 Å². The van der Waals surface area contributed by atoms with Crippen molar-refractivity contribution in [2.45, 2.75) is 19.5 Å². The van der Waals surface area contributed by atoms with Crippen LogP contribution in [-0.4, -0.2) is 41.7 Å². The van der Waals surface area contributed by atoms with Crippen LogP contribution < -0.4 is 5.32 Å². The van der Waals surface area contributed by atoms with Crippen molar-refractivity contribution in [2.75, 3.05) is 19.7 Å². The van der Waals surface area contributed by atoms with Crippen LogP contribution in [0.15, 0.2) is 21.2 Å². The van der Waals surface area contributed by atoms with Crippen molar-refractivity contribution in [2.24, 2.45) is 5.92 Å². The number of hydrogen-bond acceptors (Lipinski definition) is 4. The van der Waals surface area contributed by atoms with Crippen LogP contribution in [-0.2, 0) is 11.3 Å². The van der Waals surface area contributed by atoms with Crippen LogP contribution in [0.2, 0.25) is 0 Å². The number of hydrogen-bond donors (Lipinski definition) is 2. The lowest BCUT2D eigenvalue weighted by molar-refractivity contribution is -0.119. The number of amides is 1. The fraction of sp³-hybridized carbons (Fsp3) is 0.583. The number of aliphatic hydroxyl groups is 1. The number of furan rings is 1. The smallest absolute Gasteiger partial charge is 0.217 e. The minimum Gasteiger partial charge on any atom is -0.453 e. The molecule has 1 fully saturated rings. The molecule has 2 atom stereocenters. The highest BCUT2D eigenvalue weighted by atomic mass is 79.9. The van der Waals surface area contributed by atoms with Crippen molar-refractivity contribution in [3.8, 4) is 0 Å². The second kappa shape index (κ2) is 5.86. The van der Waals surface area contributed by atoms with Crippen LogP contribution in [0, 0.1) is 5.92 Å². The Morgan fingerprint density at radius 2 is 2.39 bits per heavy atom. The summed E-state index contributed by atoms with van der Waals surface area (Å²) in [4.78, 5) is 13.3. The monoisotopic (exact) mass is 316 g/mol. The molecule has 2 N–H and O–H groups in total. The summed E-state index contributed by atoms with van der Waals surface area (Å²) in [6.45, 7) is 3.78. The minimum absolute atomic E-state index is 0.0194. The van der Waals surface area contributed by atoms with Crippen molar-refractivity contribution in [1.82, 2.24) is 10.2 Å². The molecule has 6 heteroatoms. The highest BCUT2D eigenvalue weighted by Gasteiger charge is 2.33. The van der Waals surface area contributed by atoms with Crippen molar-refractivity contribution in [3.63, 3.8) is 0 Å². The SMILES string of the molecule is CC(=O)N[C@@H]1CN(Cc2ccc(Br)o2)C[C@H]1CO. The number of nitrogens with zero attached hydrogens (tertiary/aromatic N) is 1. The molecule has 100 valence electrons. The minimum atomic E-state index is -0.0546. The Kier molecular flexibility index (Phi) is 4.42. The van der Waals surface area contributed by atoms with E-state index in [4.69, 9.17) is 4.42 Å². The first-order valence-electron chi connectivity index (χ1n) is 5.93.